The van der Waals surface area contributed by atoms with E-state index in [2.05, 4.69) is 29.3 Å². The predicted molar refractivity (Wildman–Crippen MR) is 251 cm³/mol. The Morgan fingerprint density at radius 1 is 0.554 bits per heavy atom. The summed E-state index contributed by atoms with van der Waals surface area (Å²) in [5.74, 6) is -1.62. The lowest BCUT2D eigenvalue weighted by atomic mass is 10.0. The maximum atomic E-state index is 13.1. The molecule has 0 aromatic carbocycles. The highest BCUT2D eigenvalue weighted by Gasteiger charge is 2.23. The number of imide groups is 1. The van der Waals surface area contributed by atoms with Crippen LogP contribution in [0.1, 0.15) is 113 Å². The van der Waals surface area contributed by atoms with Crippen molar-refractivity contribution in [3.05, 3.63) is 12.2 Å². The number of carbonyl (C=O) groups is 7. The van der Waals surface area contributed by atoms with E-state index in [0.29, 0.717) is 111 Å². The number of nitrogens with one attached hydrogen (secondary N) is 4. The van der Waals surface area contributed by atoms with E-state index < -0.39 is 17.9 Å². The first-order valence-corrected chi connectivity index (χ1v) is 23.4. The molecule has 0 saturated carbocycles. The Labute approximate surface area is 391 Å². The van der Waals surface area contributed by atoms with Crippen molar-refractivity contribution in [2.45, 2.75) is 126 Å². The Kier molecular flexibility index (Phi) is 57.2. The van der Waals surface area contributed by atoms with Gasteiger partial charge >= 0.3 is 0 Å². The van der Waals surface area contributed by atoms with Crippen molar-refractivity contribution in [1.82, 2.24) is 26.3 Å². The molecule has 0 aromatic rings. The molecule has 0 fully saturated rings. The molecule has 1 rings (SSSR count). The Morgan fingerprint density at radius 2 is 1.02 bits per heavy atom. The van der Waals surface area contributed by atoms with Crippen LogP contribution >= 0.6 is 0 Å². The van der Waals surface area contributed by atoms with Crippen molar-refractivity contribution in [2.24, 2.45) is 0 Å². The van der Waals surface area contributed by atoms with Gasteiger partial charge in [0.15, 0.2) is 5.78 Å². The van der Waals surface area contributed by atoms with Gasteiger partial charge in [0.1, 0.15) is 5.78 Å². The van der Waals surface area contributed by atoms with Crippen LogP contribution < -0.4 is 21.4 Å². The summed E-state index contributed by atoms with van der Waals surface area (Å²) in [6.07, 6.45) is 5.79. The van der Waals surface area contributed by atoms with Gasteiger partial charge in [0, 0.05) is 84.0 Å². The standard InChI is InChI=1S/C38H65N5O14.3C2H6.CH3B/c1-3-31(44)12-19-53-24-26-56-28-27-55-25-23-51-18-6-8-33(45)32(42-36(48)14-21-54-29-30-57-39-2)7-4-5-15-40-35(47)13-20-52-22-16-41-34(46)11-17-43-37(49)9-10-38(43)50;4*1-2/h9-10,32,39H,3-8,11-30H2,1-2H3,(H,40,47)(H,41,46)(H,42,48);3*1-2H3;1H3. The predicted octanol–water partition coefficient (Wildman–Crippen LogP) is 3.22. The van der Waals surface area contributed by atoms with Crippen molar-refractivity contribution in [3.63, 3.8) is 0 Å². The minimum atomic E-state index is -0.676. The summed E-state index contributed by atoms with van der Waals surface area (Å²) >= 11 is 0. The van der Waals surface area contributed by atoms with E-state index in [4.69, 9.17) is 33.3 Å². The van der Waals surface area contributed by atoms with Gasteiger partial charge in [0.05, 0.1) is 93.2 Å². The fourth-order valence-electron chi connectivity index (χ4n) is 4.97. The minimum absolute atomic E-state index is 0.00224. The minimum Gasteiger partial charge on any atom is -0.379 e. The average molecular weight is 932 g/mol. The second-order valence-electron chi connectivity index (χ2n) is 12.7. The van der Waals surface area contributed by atoms with Crippen LogP contribution in [0.4, 0.5) is 0 Å². The fourth-order valence-corrected chi connectivity index (χ4v) is 4.97. The number of ketones is 2. The Morgan fingerprint density at radius 3 is 1.57 bits per heavy atom. The average Bonchev–Trinajstić information content (AvgIpc) is 3.66. The normalized spacial score (nSPS) is 11.7. The number of carbonyl (C=O) groups excluding carboxylic acids is 7. The maximum absolute atomic E-state index is 13.1. The van der Waals surface area contributed by atoms with Crippen LogP contribution in [0.5, 0.6) is 0 Å². The van der Waals surface area contributed by atoms with Crippen LogP contribution in [-0.2, 0) is 66.8 Å². The first-order valence-electron chi connectivity index (χ1n) is 23.4. The van der Waals surface area contributed by atoms with Crippen LogP contribution in [0.25, 0.3) is 0 Å². The lowest BCUT2D eigenvalue weighted by Gasteiger charge is -2.18. The quantitative estimate of drug-likeness (QED) is 0.0299. The van der Waals surface area contributed by atoms with Gasteiger partial charge in [-0.2, -0.15) is 0 Å². The zero-order valence-corrected chi connectivity index (χ0v) is 41.4. The number of ether oxygens (including phenoxy) is 6. The molecule has 1 heterocycles. The van der Waals surface area contributed by atoms with Gasteiger partial charge in [-0.1, -0.05) is 55.3 Å². The van der Waals surface area contributed by atoms with Crippen LogP contribution in [0.2, 0.25) is 6.82 Å². The van der Waals surface area contributed by atoms with E-state index >= 15 is 0 Å². The van der Waals surface area contributed by atoms with E-state index in [1.807, 2.05) is 48.5 Å². The van der Waals surface area contributed by atoms with Gasteiger partial charge in [-0.25, -0.2) is 5.48 Å². The molecule has 378 valence electrons. The second kappa shape index (κ2) is 54.7. The largest absolute Gasteiger partial charge is 0.379 e. The molecule has 0 aliphatic carbocycles. The third-order valence-electron chi connectivity index (χ3n) is 8.17. The summed E-state index contributed by atoms with van der Waals surface area (Å²) < 4.78 is 32.7. The molecule has 1 aliphatic heterocycles. The summed E-state index contributed by atoms with van der Waals surface area (Å²) in [7, 11) is 6.14. The van der Waals surface area contributed by atoms with Gasteiger partial charge in [-0.05, 0) is 25.7 Å². The van der Waals surface area contributed by atoms with Crippen LogP contribution in [-0.4, -0.2) is 172 Å². The van der Waals surface area contributed by atoms with Gasteiger partial charge in [-0.3, -0.25) is 43.3 Å². The molecular weight excluding hydrogens is 845 g/mol. The lowest BCUT2D eigenvalue weighted by Crippen LogP contribution is -2.41. The van der Waals surface area contributed by atoms with Gasteiger partial charge in [0.2, 0.25) is 17.7 Å². The van der Waals surface area contributed by atoms with E-state index in [1.165, 1.54) is 6.82 Å². The van der Waals surface area contributed by atoms with Crippen LogP contribution in [0, 0.1) is 0 Å². The first kappa shape index (κ1) is 68.0. The molecular formula is C45H86BN5O14. The molecule has 20 heteroatoms. The van der Waals surface area contributed by atoms with Crippen molar-refractivity contribution in [2.75, 3.05) is 113 Å². The molecule has 2 radical (unpaired) electrons. The van der Waals surface area contributed by atoms with Crippen LogP contribution in [0.15, 0.2) is 12.2 Å². The molecule has 1 aliphatic rings. The van der Waals surface area contributed by atoms with E-state index in [1.54, 1.807) is 7.05 Å². The van der Waals surface area contributed by atoms with Crippen molar-refractivity contribution in [3.8, 4) is 0 Å². The van der Waals surface area contributed by atoms with Crippen molar-refractivity contribution < 1.29 is 66.8 Å². The van der Waals surface area contributed by atoms with Gasteiger partial charge < -0.3 is 44.4 Å². The van der Waals surface area contributed by atoms with E-state index in [0.717, 1.165) is 17.1 Å². The summed E-state index contributed by atoms with van der Waals surface area (Å²) in [6.45, 7) is 20.3. The first-order chi connectivity index (χ1) is 31.7. The van der Waals surface area contributed by atoms with Crippen molar-refractivity contribution in [1.29, 1.82) is 0 Å². The number of hydroxylamine groups is 1. The molecule has 5 amide bonds. The molecule has 19 nitrogen and oxygen atoms in total. The molecule has 1 unspecified atom stereocenters. The Bertz CT molecular complexity index is 1200. The number of rotatable bonds is 40. The van der Waals surface area contributed by atoms with E-state index in [-0.39, 0.29) is 87.9 Å². The van der Waals surface area contributed by atoms with Gasteiger partial charge in [-0.15, -0.1) is 0 Å². The van der Waals surface area contributed by atoms with E-state index in [9.17, 15) is 33.6 Å². The lowest BCUT2D eigenvalue weighted by molar-refractivity contribution is -0.137. The number of amides is 5. The summed E-state index contributed by atoms with van der Waals surface area (Å²) in [5.41, 5.74) is 2.54. The third kappa shape index (κ3) is 45.3. The molecule has 0 spiro atoms. The molecule has 0 saturated heterocycles. The highest BCUT2D eigenvalue weighted by atomic mass is 16.7. The number of Topliss-reactive ketones (excluding diaryl/α,β-unsaturated/α-hetero) is 2. The highest BCUT2D eigenvalue weighted by molar-refractivity contribution is 6.13. The molecule has 0 bridgehead atoms. The monoisotopic (exact) mass is 932 g/mol. The maximum Gasteiger partial charge on any atom is 0.253 e. The van der Waals surface area contributed by atoms with Crippen molar-refractivity contribution >= 4 is 48.9 Å². The molecule has 65 heavy (non-hydrogen) atoms. The zero-order chi connectivity index (χ0) is 49.8. The number of nitrogens with zero attached hydrogens (tertiary/aromatic N) is 1. The smallest absolute Gasteiger partial charge is 0.253 e. The fraction of sp³-hybridized carbons (Fsp3) is 0.800. The Balaban J connectivity index is -0.00000219. The third-order valence-corrected chi connectivity index (χ3v) is 8.17. The number of hydrogen-bond acceptors (Lipinski definition) is 15. The van der Waals surface area contributed by atoms with Crippen LogP contribution in [0.3, 0.4) is 0 Å². The second-order valence-corrected chi connectivity index (χ2v) is 12.7. The summed E-state index contributed by atoms with van der Waals surface area (Å²) in [5, 5.41) is 8.29. The van der Waals surface area contributed by atoms with Gasteiger partial charge in [0.25, 0.3) is 11.8 Å². The summed E-state index contributed by atoms with van der Waals surface area (Å²) in [4.78, 5) is 90.1. The number of unbranched alkanes of at least 4 members (excludes halogenated alkanes) is 1. The SMILES string of the molecule is CC.CC.CC.CCC(=O)CCOCCOCCOCCOCCCC(=O)C(CCCCNC(=O)CCOCCNC(=O)CCN1C(=O)C=CC1=O)NC(=O)CCOCCONC.[B]C. The Hall–Kier alpha value is -3.63. The zero-order valence-electron chi connectivity index (χ0n) is 41.4. The topological polar surface area (TPSA) is 235 Å². The molecule has 0 aromatic heterocycles. The molecule has 4 N–H and O–H groups in total. The number of hydrogen-bond donors (Lipinski definition) is 4. The summed E-state index contributed by atoms with van der Waals surface area (Å²) in [6, 6.07) is -0.676. The highest BCUT2D eigenvalue weighted by Crippen LogP contribution is 2.08. The molecule has 1 atom stereocenters.